The summed E-state index contributed by atoms with van der Waals surface area (Å²) >= 11 is 1.21. The SMILES string of the molecule is CC1CNCCN1c1nc2c(OC(F)(F)F)c(F)cc(-c3nccs3)c2o1. The Hall–Kier alpha value is -2.40. The number of aromatic nitrogens is 2. The monoisotopic (exact) mass is 402 g/mol. The molecule has 11 heteroatoms. The van der Waals surface area contributed by atoms with Crippen molar-refractivity contribution in [2.24, 2.45) is 0 Å². The van der Waals surface area contributed by atoms with Crippen LogP contribution in [-0.2, 0) is 0 Å². The van der Waals surface area contributed by atoms with Gasteiger partial charge in [0.05, 0.1) is 5.56 Å². The third kappa shape index (κ3) is 3.44. The molecule has 1 aliphatic heterocycles. The standard InChI is InChI=1S/C16H14F4N4O2S/c1-8-7-21-2-4-24(8)15-23-11-12(25-15)9(14-22-3-5-27-14)6-10(17)13(11)26-16(18,19)20/h3,5-6,8,21H,2,4,7H2,1H3. The Bertz CT molecular complexity index is 958. The highest BCUT2D eigenvalue weighted by atomic mass is 32.1. The van der Waals surface area contributed by atoms with Crippen molar-refractivity contribution in [1.29, 1.82) is 0 Å². The molecule has 0 saturated carbocycles. The van der Waals surface area contributed by atoms with Crippen molar-refractivity contribution in [1.82, 2.24) is 15.3 Å². The van der Waals surface area contributed by atoms with Crippen LogP contribution in [0.3, 0.4) is 0 Å². The van der Waals surface area contributed by atoms with Crippen molar-refractivity contribution in [2.75, 3.05) is 24.5 Å². The maximum Gasteiger partial charge on any atom is 0.573 e. The van der Waals surface area contributed by atoms with E-state index in [9.17, 15) is 17.6 Å². The number of oxazole rings is 1. The molecule has 0 radical (unpaired) electrons. The predicted molar refractivity (Wildman–Crippen MR) is 91.4 cm³/mol. The zero-order chi connectivity index (χ0) is 19.2. The van der Waals surface area contributed by atoms with Gasteiger partial charge in [-0.05, 0) is 13.0 Å². The lowest BCUT2D eigenvalue weighted by molar-refractivity contribution is -0.275. The molecule has 0 spiro atoms. The average molecular weight is 402 g/mol. The van der Waals surface area contributed by atoms with E-state index in [0.29, 0.717) is 24.6 Å². The summed E-state index contributed by atoms with van der Waals surface area (Å²) in [5.41, 5.74) is -0.0850. The summed E-state index contributed by atoms with van der Waals surface area (Å²) in [4.78, 5) is 10.1. The summed E-state index contributed by atoms with van der Waals surface area (Å²) in [5.74, 6) is -2.19. The molecule has 3 aromatic rings. The van der Waals surface area contributed by atoms with Crippen LogP contribution in [0.25, 0.3) is 21.7 Å². The van der Waals surface area contributed by atoms with Crippen LogP contribution in [0.4, 0.5) is 23.6 Å². The summed E-state index contributed by atoms with van der Waals surface area (Å²) in [7, 11) is 0. The second-order valence-corrected chi connectivity index (χ2v) is 6.94. The van der Waals surface area contributed by atoms with Crippen molar-refractivity contribution < 1.29 is 26.7 Å². The smallest absolute Gasteiger partial charge is 0.422 e. The van der Waals surface area contributed by atoms with E-state index in [1.165, 1.54) is 17.5 Å². The van der Waals surface area contributed by atoms with Crippen LogP contribution in [0.5, 0.6) is 5.75 Å². The summed E-state index contributed by atoms with van der Waals surface area (Å²) in [6.45, 7) is 3.82. The van der Waals surface area contributed by atoms with E-state index in [-0.39, 0.29) is 28.7 Å². The van der Waals surface area contributed by atoms with Crippen LogP contribution in [0.1, 0.15) is 6.92 Å². The fourth-order valence-electron chi connectivity index (χ4n) is 2.99. The van der Waals surface area contributed by atoms with Crippen LogP contribution in [-0.4, -0.2) is 42.0 Å². The number of fused-ring (bicyclic) bond motifs is 1. The lowest BCUT2D eigenvalue weighted by atomic mass is 10.2. The first-order valence-corrected chi connectivity index (χ1v) is 8.97. The van der Waals surface area contributed by atoms with Gasteiger partial charge < -0.3 is 19.4 Å². The highest BCUT2D eigenvalue weighted by Gasteiger charge is 2.36. The molecule has 0 amide bonds. The first-order valence-electron chi connectivity index (χ1n) is 8.09. The number of benzene rings is 1. The van der Waals surface area contributed by atoms with Gasteiger partial charge in [-0.2, -0.15) is 4.98 Å². The Morgan fingerprint density at radius 2 is 2.22 bits per heavy atom. The number of rotatable bonds is 3. The molecule has 3 heterocycles. The molecule has 6 nitrogen and oxygen atoms in total. The van der Waals surface area contributed by atoms with Crippen molar-refractivity contribution >= 4 is 28.5 Å². The van der Waals surface area contributed by atoms with Crippen molar-refractivity contribution in [3.8, 4) is 16.3 Å². The van der Waals surface area contributed by atoms with Gasteiger partial charge in [0.15, 0.2) is 22.7 Å². The Labute approximate surface area is 154 Å². The number of piperazine rings is 1. The fourth-order valence-corrected chi connectivity index (χ4v) is 3.64. The topological polar surface area (TPSA) is 63.4 Å². The lowest BCUT2D eigenvalue weighted by Gasteiger charge is -2.32. The van der Waals surface area contributed by atoms with Crippen LogP contribution in [0.2, 0.25) is 0 Å². The van der Waals surface area contributed by atoms with E-state index in [0.717, 1.165) is 6.07 Å². The van der Waals surface area contributed by atoms with Crippen LogP contribution < -0.4 is 15.0 Å². The molecule has 2 aromatic heterocycles. The molecule has 1 aliphatic rings. The third-order valence-electron chi connectivity index (χ3n) is 4.19. The fraction of sp³-hybridized carbons (Fsp3) is 0.375. The Morgan fingerprint density at radius 1 is 1.41 bits per heavy atom. The van der Waals surface area contributed by atoms with Gasteiger partial charge in [-0.15, -0.1) is 24.5 Å². The van der Waals surface area contributed by atoms with E-state index >= 15 is 0 Å². The molecule has 0 aliphatic carbocycles. The largest absolute Gasteiger partial charge is 0.573 e. The van der Waals surface area contributed by atoms with E-state index in [2.05, 4.69) is 20.0 Å². The second-order valence-electron chi connectivity index (χ2n) is 6.04. The highest BCUT2D eigenvalue weighted by molar-refractivity contribution is 7.13. The Morgan fingerprint density at radius 3 is 2.89 bits per heavy atom. The number of anilines is 1. The molecular weight excluding hydrogens is 388 g/mol. The van der Waals surface area contributed by atoms with Crippen molar-refractivity contribution in [2.45, 2.75) is 19.3 Å². The summed E-state index contributed by atoms with van der Waals surface area (Å²) in [5, 5.41) is 5.29. The van der Waals surface area contributed by atoms with Gasteiger partial charge in [-0.25, -0.2) is 9.37 Å². The molecule has 1 atom stereocenters. The molecule has 1 fully saturated rings. The zero-order valence-corrected chi connectivity index (χ0v) is 14.8. The van der Waals surface area contributed by atoms with E-state index in [1.807, 2.05) is 11.8 Å². The Balaban J connectivity index is 1.91. The number of nitrogens with one attached hydrogen (secondary N) is 1. The number of hydrogen-bond donors (Lipinski definition) is 1. The zero-order valence-electron chi connectivity index (χ0n) is 14.0. The summed E-state index contributed by atoms with van der Waals surface area (Å²) < 4.78 is 62.5. The van der Waals surface area contributed by atoms with Gasteiger partial charge >= 0.3 is 6.36 Å². The molecule has 144 valence electrons. The first-order chi connectivity index (χ1) is 12.8. The number of alkyl halides is 3. The van der Waals surface area contributed by atoms with Gasteiger partial charge in [-0.3, -0.25) is 0 Å². The van der Waals surface area contributed by atoms with Crippen molar-refractivity contribution in [3.63, 3.8) is 0 Å². The van der Waals surface area contributed by atoms with Gasteiger partial charge in [0.2, 0.25) is 0 Å². The Kier molecular flexibility index (Phi) is 4.42. The molecule has 1 aromatic carbocycles. The second kappa shape index (κ2) is 6.64. The number of halogens is 4. The maximum absolute atomic E-state index is 14.5. The van der Waals surface area contributed by atoms with Gasteiger partial charge in [0.25, 0.3) is 6.01 Å². The molecule has 27 heavy (non-hydrogen) atoms. The van der Waals surface area contributed by atoms with E-state index in [1.54, 1.807) is 5.38 Å². The minimum absolute atomic E-state index is 0.00586. The van der Waals surface area contributed by atoms with E-state index < -0.39 is 17.9 Å². The van der Waals surface area contributed by atoms with Gasteiger partial charge in [0.1, 0.15) is 5.01 Å². The summed E-state index contributed by atoms with van der Waals surface area (Å²) in [6.07, 6.45) is -3.54. The van der Waals surface area contributed by atoms with Gasteiger partial charge in [-0.1, -0.05) is 0 Å². The molecule has 1 N–H and O–H groups in total. The van der Waals surface area contributed by atoms with Crippen LogP contribution in [0, 0.1) is 5.82 Å². The average Bonchev–Trinajstić information content (AvgIpc) is 3.26. The normalized spacial score (nSPS) is 18.3. The van der Waals surface area contributed by atoms with E-state index in [4.69, 9.17) is 4.42 Å². The maximum atomic E-state index is 14.5. The molecule has 4 rings (SSSR count). The molecule has 1 saturated heterocycles. The number of ether oxygens (including phenoxy) is 1. The summed E-state index contributed by atoms with van der Waals surface area (Å²) in [6, 6.07) is 1.06. The van der Waals surface area contributed by atoms with Crippen LogP contribution in [0.15, 0.2) is 22.1 Å². The predicted octanol–water partition coefficient (Wildman–Crippen LogP) is 3.79. The van der Waals surface area contributed by atoms with Crippen LogP contribution >= 0.6 is 11.3 Å². The quantitative estimate of drug-likeness (QED) is 0.673. The number of hydrogen-bond acceptors (Lipinski definition) is 7. The number of thiazole rings is 1. The molecular formula is C16H14F4N4O2S. The minimum atomic E-state index is -5.06. The number of nitrogens with zero attached hydrogens (tertiary/aromatic N) is 3. The molecule has 0 bridgehead atoms. The first kappa shape index (κ1) is 18.0. The minimum Gasteiger partial charge on any atom is -0.422 e. The third-order valence-corrected chi connectivity index (χ3v) is 5.00. The van der Waals surface area contributed by atoms with Crippen molar-refractivity contribution in [3.05, 3.63) is 23.5 Å². The molecule has 1 unspecified atom stereocenters. The highest BCUT2D eigenvalue weighted by Crippen LogP contribution is 2.41. The lowest BCUT2D eigenvalue weighted by Crippen LogP contribution is -2.50. The van der Waals surface area contributed by atoms with Gasteiger partial charge in [0, 0.05) is 37.3 Å².